The largest absolute Gasteiger partial charge is 1.00 e. The Balaban J connectivity index is 0.00000226. The van der Waals surface area contributed by atoms with E-state index in [0.717, 1.165) is 47.5 Å². The average molecular weight is 1290 g/mol. The number of aromatic nitrogens is 1. The van der Waals surface area contributed by atoms with Crippen molar-refractivity contribution in [3.63, 3.8) is 0 Å². The number of hydrogen-bond donors (Lipinski definition) is 1. The van der Waals surface area contributed by atoms with E-state index in [1.165, 1.54) is 34.9 Å². The second-order valence-electron chi connectivity index (χ2n) is 20.6. The van der Waals surface area contributed by atoms with Crippen LogP contribution in [0.15, 0.2) is 205 Å². The first kappa shape index (κ1) is 72.2. The van der Waals surface area contributed by atoms with Gasteiger partial charge in [0.2, 0.25) is 0 Å². The van der Waals surface area contributed by atoms with Gasteiger partial charge in [-0.05, 0) is 88.7 Å². The Hall–Kier alpha value is -4.27. The molecule has 0 aliphatic heterocycles. The number of para-hydroxylation sites is 2. The fourth-order valence-electron chi connectivity index (χ4n) is 10.9. The Morgan fingerprint density at radius 2 is 0.899 bits per heavy atom. The summed E-state index contributed by atoms with van der Waals surface area (Å²) in [4.78, 5) is 30.0. The first-order chi connectivity index (χ1) is 40.1. The summed E-state index contributed by atoms with van der Waals surface area (Å²) in [5.74, 6) is -0.293. The third-order valence-corrected chi connectivity index (χ3v) is 17.3. The molecule has 1 N–H and O–H groups in total. The van der Waals surface area contributed by atoms with Gasteiger partial charge in [0, 0.05) is 38.4 Å². The van der Waals surface area contributed by atoms with Crippen molar-refractivity contribution in [2.24, 2.45) is 0 Å². The maximum absolute atomic E-state index is 16.0. The smallest absolute Gasteiger partial charge is 0.744 e. The molecule has 0 unspecified atom stereocenters. The molecule has 23 heteroatoms. The van der Waals surface area contributed by atoms with Crippen molar-refractivity contribution >= 4 is 73.8 Å². The maximum Gasteiger partial charge on any atom is 1.00 e. The van der Waals surface area contributed by atoms with Crippen molar-refractivity contribution in [1.82, 2.24) is 4.57 Å². The second kappa shape index (κ2) is 28.5. The van der Waals surface area contributed by atoms with E-state index >= 15 is 9.59 Å². The Morgan fingerprint density at radius 1 is 0.472 bits per heavy atom. The van der Waals surface area contributed by atoms with Crippen LogP contribution in [0.4, 0.5) is 0 Å². The van der Waals surface area contributed by atoms with E-state index in [4.69, 9.17) is 13.9 Å². The van der Waals surface area contributed by atoms with E-state index in [-0.39, 0.29) is 232 Å². The topological polar surface area (TPSA) is 239 Å². The molecule has 0 amide bonds. The summed E-state index contributed by atoms with van der Waals surface area (Å²) >= 11 is 0. The van der Waals surface area contributed by atoms with Gasteiger partial charge in [-0.2, -0.15) is 98.4 Å². The summed E-state index contributed by atoms with van der Waals surface area (Å²) in [7, 11) is -15.1. The van der Waals surface area contributed by atoms with Gasteiger partial charge in [-0.3, -0.25) is 14.1 Å². The van der Waals surface area contributed by atoms with Gasteiger partial charge < -0.3 is 23.0 Å². The summed E-state index contributed by atoms with van der Waals surface area (Å²) in [5.41, 5.74) is 3.16. The quantitative estimate of drug-likeness (QED) is 0.0444. The second-order valence-corrected chi connectivity index (χ2v) is 24.8. The van der Waals surface area contributed by atoms with E-state index in [9.17, 15) is 38.9 Å². The summed E-state index contributed by atoms with van der Waals surface area (Å²) < 4.78 is 133. The molecule has 12 aromatic rings. The maximum atomic E-state index is 16.0. The first-order valence-corrected chi connectivity index (χ1v) is 30.4. The molecule has 420 valence electrons. The summed E-state index contributed by atoms with van der Waals surface area (Å²) in [6.45, 7) is 7.83. The average Bonchev–Trinajstić information content (AvgIpc) is 0.701. The molecule has 0 aliphatic rings. The molecule has 0 bridgehead atoms. The van der Waals surface area contributed by atoms with Crippen LogP contribution < -0.4 is 168 Å². The third kappa shape index (κ3) is 13.9. The fraction of sp³-hybridized carbons (Fsp3) is 0.0909. The van der Waals surface area contributed by atoms with Crippen molar-refractivity contribution in [2.45, 2.75) is 54.2 Å². The number of benzene rings is 10. The Morgan fingerprint density at radius 3 is 1.35 bits per heavy atom. The minimum absolute atomic E-state index is 0. The standard InChI is InChI=1S/C66H46NO14S3.5Na/c1-37(2)46-20-13-21-47(38(3)4)61(46)67-65(68)53-35-56(80-62-48(39-15-7-5-8-16-39)22-14-23-49(62)40-17-9-6-10-18-40)59-50-19-11-12-24-55(50)79-64-57(36-54(66(67)69)58(53)60(59)64)81-63-51(41-25-29-43(30-26-41)82(70,71)72)33-45(84(76,77)78)34-52(63)42-27-31-44(32-28-42)83(73,74)75;;;;;/h7-13,15-38H,1-4H3,(H,70,71,72)(H,73,74,75)(H,76,77,78);;;;;/q-3;5*+1/p-2. The Kier molecular flexibility index (Phi) is 23.1. The van der Waals surface area contributed by atoms with Crippen LogP contribution in [0.5, 0.6) is 23.0 Å². The molecule has 0 aliphatic carbocycles. The van der Waals surface area contributed by atoms with Gasteiger partial charge in [0.05, 0.1) is 31.1 Å². The predicted molar refractivity (Wildman–Crippen MR) is 317 cm³/mol. The molecule has 10 aromatic carbocycles. The molecular formula is C66H44NNa5O14S3. The van der Waals surface area contributed by atoms with Crippen molar-refractivity contribution in [2.75, 3.05) is 0 Å². The molecule has 2 heterocycles. The minimum atomic E-state index is -5.11. The van der Waals surface area contributed by atoms with Crippen LogP contribution in [0.25, 0.3) is 93.7 Å². The Bertz CT molecular complexity index is 4970. The van der Waals surface area contributed by atoms with Gasteiger partial charge in [0.15, 0.2) is 11.3 Å². The molecule has 0 fully saturated rings. The predicted octanol–water partition coefficient (Wildman–Crippen LogP) is -1.18. The first-order valence-electron chi connectivity index (χ1n) is 26.1. The monoisotopic (exact) mass is 1290 g/mol. The van der Waals surface area contributed by atoms with Crippen LogP contribution >= 0.6 is 0 Å². The number of hydrogen-bond acceptors (Lipinski definition) is 13. The van der Waals surface area contributed by atoms with E-state index < -0.39 is 56.2 Å². The number of nitrogens with zero attached hydrogens (tertiary/aromatic N) is 1. The molecule has 12 rings (SSSR count). The molecule has 0 saturated heterocycles. The van der Waals surface area contributed by atoms with E-state index in [1.54, 1.807) is 66.7 Å². The molecule has 15 nitrogen and oxygen atoms in total. The van der Waals surface area contributed by atoms with Crippen molar-refractivity contribution in [3.8, 4) is 73.2 Å². The van der Waals surface area contributed by atoms with Crippen LogP contribution in [0.2, 0.25) is 0 Å². The van der Waals surface area contributed by atoms with Gasteiger partial charge in [-0.25, -0.2) is 21.4 Å². The zero-order chi connectivity index (χ0) is 59.1. The molecule has 89 heavy (non-hydrogen) atoms. The summed E-state index contributed by atoms with van der Waals surface area (Å²) in [5, 5.41) is 1.25. The van der Waals surface area contributed by atoms with Crippen LogP contribution in [-0.4, -0.2) is 43.5 Å². The fourth-order valence-corrected chi connectivity index (χ4v) is 12.3. The van der Waals surface area contributed by atoms with Crippen LogP contribution in [0.1, 0.15) is 50.7 Å². The van der Waals surface area contributed by atoms with Crippen LogP contribution in [-0.2, 0) is 30.4 Å². The van der Waals surface area contributed by atoms with Crippen molar-refractivity contribution in [1.29, 1.82) is 0 Å². The minimum Gasteiger partial charge on any atom is -0.744 e. The van der Waals surface area contributed by atoms with Crippen LogP contribution in [0, 0.1) is 18.2 Å². The van der Waals surface area contributed by atoms with Crippen molar-refractivity contribution in [3.05, 3.63) is 226 Å². The van der Waals surface area contributed by atoms with Gasteiger partial charge in [0.25, 0.3) is 21.2 Å². The Labute approximate surface area is 623 Å². The summed E-state index contributed by atoms with van der Waals surface area (Å²) in [6, 6.07) is 54.1. The molecule has 0 spiro atoms. The van der Waals surface area contributed by atoms with Gasteiger partial charge in [-0.15, -0.1) is 11.1 Å². The molecule has 0 saturated carbocycles. The molecule has 0 radical (unpaired) electrons. The van der Waals surface area contributed by atoms with Gasteiger partial charge in [-0.1, -0.05) is 88.4 Å². The third-order valence-electron chi connectivity index (χ3n) is 14.8. The van der Waals surface area contributed by atoms with Crippen molar-refractivity contribution < 1.29 is 201 Å². The number of rotatable bonds is 14. The molecule has 0 atom stereocenters. The van der Waals surface area contributed by atoms with E-state index in [1.807, 2.05) is 70.2 Å². The zero-order valence-electron chi connectivity index (χ0n) is 49.8. The SMILES string of the molecule is CC(C)c1cccc(C(C)C)c1-n1c(=O)c2cc(Oc3c(-c4ccc(S(=O)(=O)[O-])cc4)cc(S(=O)(=O)O)cc3-c3ccc(S(=O)(=O)[O-])cc3)c3oc4ccccc4c4c(Oc5c(-c6cc[c-]cc6)c[c-]cc5-c5cc[c-]cc5)cc(c1=O)c2c34.[Na+].[Na+].[Na+].[Na+].[Na+]. The van der Waals surface area contributed by atoms with Gasteiger partial charge in [0.1, 0.15) is 37.3 Å². The summed E-state index contributed by atoms with van der Waals surface area (Å²) in [6.07, 6.45) is 0. The zero-order valence-corrected chi connectivity index (χ0v) is 62.3. The van der Waals surface area contributed by atoms with Gasteiger partial charge >= 0.3 is 148 Å². The number of pyridine rings is 1. The van der Waals surface area contributed by atoms with E-state index in [0.29, 0.717) is 44.5 Å². The molecule has 2 aromatic heterocycles. The number of ether oxygens (including phenoxy) is 2. The van der Waals surface area contributed by atoms with E-state index in [2.05, 4.69) is 18.2 Å². The molecular weight excluding hydrogens is 1240 g/mol. The number of fused-ring (bicyclic) bond motifs is 2. The van der Waals surface area contributed by atoms with Crippen LogP contribution in [0.3, 0.4) is 0 Å². The normalized spacial score (nSPS) is 11.7.